The number of hydrogen-bond donors (Lipinski definition) is 1. The average molecular weight is 313 g/mol. The molecule has 3 unspecified atom stereocenters. The second kappa shape index (κ2) is 5.93. The molecule has 1 fully saturated rings. The Kier molecular flexibility index (Phi) is 4.41. The maximum Gasteiger partial charge on any atom is 0.335 e. The number of nitrogens with zero attached hydrogens (tertiary/aromatic N) is 1. The molecule has 0 bridgehead atoms. The molecule has 114 valence electrons. The zero-order valence-corrected chi connectivity index (χ0v) is 12.5. The van der Waals surface area contributed by atoms with Gasteiger partial charge in [0.05, 0.1) is 16.4 Å². The average Bonchev–Trinajstić information content (AvgIpc) is 2.44. The van der Waals surface area contributed by atoms with Crippen LogP contribution in [0.5, 0.6) is 0 Å². The van der Waals surface area contributed by atoms with E-state index in [9.17, 15) is 18.2 Å². The van der Waals surface area contributed by atoms with Crippen LogP contribution in [0.3, 0.4) is 0 Å². The summed E-state index contributed by atoms with van der Waals surface area (Å²) in [5.41, 5.74) is -0.364. The molecule has 1 heterocycles. The van der Waals surface area contributed by atoms with Crippen LogP contribution in [0.25, 0.3) is 0 Å². The highest BCUT2D eigenvalue weighted by atomic mass is 32.2. The van der Waals surface area contributed by atoms with Gasteiger partial charge in [-0.1, -0.05) is 0 Å². The van der Waals surface area contributed by atoms with Gasteiger partial charge in [-0.05, 0) is 32.0 Å². The van der Waals surface area contributed by atoms with Gasteiger partial charge in [0.15, 0.2) is 0 Å². The molecule has 5 nitrogen and oxygen atoms in total. The van der Waals surface area contributed by atoms with Gasteiger partial charge in [-0.15, -0.1) is 0 Å². The van der Waals surface area contributed by atoms with Crippen molar-refractivity contribution in [3.8, 4) is 0 Å². The van der Waals surface area contributed by atoms with Gasteiger partial charge in [0.1, 0.15) is 5.82 Å². The number of carbonyl (C=O) groups excluding carboxylic acids is 1. The maximum absolute atomic E-state index is 13.9. The smallest absolute Gasteiger partial charge is 0.335 e. The Balaban J connectivity index is 2.28. The Hall–Kier alpha value is -1.76. The molecular formula is C14H16FNO4S. The van der Waals surface area contributed by atoms with Crippen molar-refractivity contribution in [1.82, 2.24) is 4.90 Å². The highest BCUT2D eigenvalue weighted by Gasteiger charge is 2.34. The Morgan fingerprint density at radius 3 is 2.62 bits per heavy atom. The van der Waals surface area contributed by atoms with Gasteiger partial charge >= 0.3 is 5.97 Å². The first-order chi connectivity index (χ1) is 9.82. The summed E-state index contributed by atoms with van der Waals surface area (Å²) in [5, 5.41) is 8.62. The Labute approximate surface area is 124 Å². The van der Waals surface area contributed by atoms with Crippen LogP contribution in [0.2, 0.25) is 0 Å². The van der Waals surface area contributed by atoms with Crippen molar-refractivity contribution in [3.05, 3.63) is 35.1 Å². The Morgan fingerprint density at radius 2 is 2.05 bits per heavy atom. The van der Waals surface area contributed by atoms with E-state index in [2.05, 4.69) is 0 Å². The standard InChI is InChI=1S/C14H16FNO4S/c1-8-9(2)21(20)6-5-16(8)13(17)11-4-3-10(14(18)19)7-12(11)15/h3-4,7-9H,5-6H2,1-2H3,(H,18,19). The van der Waals surface area contributed by atoms with Gasteiger partial charge in [-0.3, -0.25) is 9.00 Å². The highest BCUT2D eigenvalue weighted by Crippen LogP contribution is 2.21. The van der Waals surface area contributed by atoms with Gasteiger partial charge in [0.2, 0.25) is 0 Å². The van der Waals surface area contributed by atoms with Gasteiger partial charge in [0.25, 0.3) is 5.91 Å². The van der Waals surface area contributed by atoms with E-state index in [0.717, 1.165) is 6.07 Å². The molecule has 7 heteroatoms. The van der Waals surface area contributed by atoms with Crippen LogP contribution in [0.1, 0.15) is 34.6 Å². The fraction of sp³-hybridized carbons (Fsp3) is 0.429. The van der Waals surface area contributed by atoms with E-state index in [1.807, 2.05) is 0 Å². The van der Waals surface area contributed by atoms with Crippen LogP contribution < -0.4 is 0 Å². The van der Waals surface area contributed by atoms with Crippen molar-refractivity contribution >= 4 is 22.7 Å². The van der Waals surface area contributed by atoms with E-state index < -0.39 is 28.5 Å². The fourth-order valence-electron chi connectivity index (χ4n) is 2.31. The van der Waals surface area contributed by atoms with Crippen LogP contribution in [0.4, 0.5) is 4.39 Å². The molecule has 0 aliphatic carbocycles. The zero-order valence-electron chi connectivity index (χ0n) is 11.7. The van der Waals surface area contributed by atoms with Gasteiger partial charge in [-0.25, -0.2) is 9.18 Å². The molecular weight excluding hydrogens is 297 g/mol. The molecule has 1 aromatic rings. The molecule has 1 aliphatic heterocycles. The molecule has 1 saturated heterocycles. The lowest BCUT2D eigenvalue weighted by molar-refractivity contribution is 0.0677. The monoisotopic (exact) mass is 313 g/mol. The second-order valence-corrected chi connectivity index (χ2v) is 6.94. The lowest BCUT2D eigenvalue weighted by Crippen LogP contribution is -2.52. The number of rotatable bonds is 2. The largest absolute Gasteiger partial charge is 0.478 e. The van der Waals surface area contributed by atoms with Crippen molar-refractivity contribution in [2.45, 2.75) is 25.1 Å². The molecule has 1 amide bonds. The van der Waals surface area contributed by atoms with Gasteiger partial charge in [-0.2, -0.15) is 0 Å². The summed E-state index contributed by atoms with van der Waals surface area (Å²) in [5.74, 6) is -2.23. The first-order valence-corrected chi connectivity index (χ1v) is 7.92. The molecule has 1 aromatic carbocycles. The number of benzene rings is 1. The van der Waals surface area contributed by atoms with E-state index >= 15 is 0 Å². The van der Waals surface area contributed by atoms with E-state index in [1.54, 1.807) is 13.8 Å². The number of carbonyl (C=O) groups is 2. The Bertz CT molecular complexity index is 619. The molecule has 1 aliphatic rings. The fourth-order valence-corrected chi connectivity index (χ4v) is 3.65. The lowest BCUT2D eigenvalue weighted by atomic mass is 10.1. The van der Waals surface area contributed by atoms with E-state index in [4.69, 9.17) is 5.11 Å². The van der Waals surface area contributed by atoms with Crippen molar-refractivity contribution in [3.63, 3.8) is 0 Å². The summed E-state index contributed by atoms with van der Waals surface area (Å²) in [6.45, 7) is 3.88. The third kappa shape index (κ3) is 2.97. The summed E-state index contributed by atoms with van der Waals surface area (Å²) in [7, 11) is -0.989. The number of halogens is 1. The summed E-state index contributed by atoms with van der Waals surface area (Å²) in [4.78, 5) is 24.7. The van der Waals surface area contributed by atoms with Crippen LogP contribution in [0, 0.1) is 5.82 Å². The van der Waals surface area contributed by atoms with Crippen LogP contribution in [0.15, 0.2) is 18.2 Å². The molecule has 21 heavy (non-hydrogen) atoms. The molecule has 1 N–H and O–H groups in total. The van der Waals surface area contributed by atoms with Gasteiger partial charge < -0.3 is 10.0 Å². The minimum Gasteiger partial charge on any atom is -0.478 e. The minimum absolute atomic E-state index is 0.160. The summed E-state index contributed by atoms with van der Waals surface area (Å²) in [6.07, 6.45) is 0. The topological polar surface area (TPSA) is 74.7 Å². The molecule has 2 rings (SSSR count). The molecule has 0 spiro atoms. The SMILES string of the molecule is CC1C(C)S(=O)CCN1C(=O)c1ccc(C(=O)O)cc1F. The second-order valence-electron chi connectivity index (χ2n) is 5.03. The third-order valence-electron chi connectivity index (χ3n) is 3.83. The number of amides is 1. The third-order valence-corrected chi connectivity index (χ3v) is 5.63. The van der Waals surface area contributed by atoms with E-state index in [1.165, 1.54) is 17.0 Å². The van der Waals surface area contributed by atoms with Crippen molar-refractivity contribution in [2.24, 2.45) is 0 Å². The predicted octanol–water partition coefficient (Wildman–Crippen LogP) is 1.51. The lowest BCUT2D eigenvalue weighted by Gasteiger charge is -2.37. The number of carboxylic acids is 1. The van der Waals surface area contributed by atoms with Crippen LogP contribution in [-0.4, -0.2) is 49.7 Å². The van der Waals surface area contributed by atoms with Crippen molar-refractivity contribution < 1.29 is 23.3 Å². The molecule has 0 aromatic heterocycles. The van der Waals surface area contributed by atoms with Crippen LogP contribution in [-0.2, 0) is 10.8 Å². The normalized spacial score (nSPS) is 25.7. The summed E-state index contributed by atoms with van der Waals surface area (Å²) in [6, 6.07) is 2.97. The van der Waals surface area contributed by atoms with Crippen LogP contribution >= 0.6 is 0 Å². The number of aromatic carboxylic acids is 1. The quantitative estimate of drug-likeness (QED) is 0.898. The summed E-state index contributed by atoms with van der Waals surface area (Å²) < 4.78 is 25.7. The first kappa shape index (κ1) is 15.6. The van der Waals surface area contributed by atoms with E-state index in [0.29, 0.717) is 12.3 Å². The Morgan fingerprint density at radius 1 is 1.38 bits per heavy atom. The molecule has 0 saturated carbocycles. The number of carboxylic acid groups (broad SMARTS) is 1. The summed E-state index contributed by atoms with van der Waals surface area (Å²) >= 11 is 0. The predicted molar refractivity (Wildman–Crippen MR) is 76.3 cm³/mol. The first-order valence-electron chi connectivity index (χ1n) is 6.54. The highest BCUT2D eigenvalue weighted by molar-refractivity contribution is 7.85. The zero-order chi connectivity index (χ0) is 15.7. The minimum atomic E-state index is -1.25. The van der Waals surface area contributed by atoms with Crippen molar-refractivity contribution in [1.29, 1.82) is 0 Å². The van der Waals surface area contributed by atoms with Crippen molar-refractivity contribution in [2.75, 3.05) is 12.3 Å². The molecule has 3 atom stereocenters. The number of hydrogen-bond acceptors (Lipinski definition) is 3. The molecule has 0 radical (unpaired) electrons. The maximum atomic E-state index is 13.9. The van der Waals surface area contributed by atoms with Gasteiger partial charge in [0, 0.05) is 29.1 Å². The van der Waals surface area contributed by atoms with E-state index in [-0.39, 0.29) is 22.4 Å².